The van der Waals surface area contributed by atoms with Gasteiger partial charge in [-0.05, 0) is 31.6 Å². The zero-order chi connectivity index (χ0) is 15.5. The molecule has 0 amide bonds. The van der Waals surface area contributed by atoms with Crippen molar-refractivity contribution in [3.8, 4) is 5.88 Å². The van der Waals surface area contributed by atoms with Crippen LogP contribution in [0.1, 0.15) is 32.6 Å². The molecule has 1 saturated carbocycles. The lowest BCUT2D eigenvalue weighted by Crippen LogP contribution is -2.40. The minimum Gasteiger partial charge on any atom is -0.476 e. The second-order valence-corrected chi connectivity index (χ2v) is 5.60. The van der Waals surface area contributed by atoms with Gasteiger partial charge in [-0.1, -0.05) is 6.92 Å². The van der Waals surface area contributed by atoms with E-state index in [2.05, 4.69) is 22.2 Å². The molecule has 8 heteroatoms. The lowest BCUT2D eigenvalue weighted by atomic mass is 9.79. The highest BCUT2D eigenvalue weighted by atomic mass is 16.6. The fraction of sp³-hybridized carbons (Fsp3) is 0.692. The highest BCUT2D eigenvalue weighted by Gasteiger charge is 2.33. The van der Waals surface area contributed by atoms with Crippen molar-refractivity contribution < 1.29 is 14.8 Å². The molecule has 1 aromatic rings. The third kappa shape index (κ3) is 3.57. The molecule has 0 spiro atoms. The third-order valence-corrected chi connectivity index (χ3v) is 3.95. The normalized spacial score (nSPS) is 25.4. The number of methoxy groups -OCH3 is 1. The molecule has 1 heterocycles. The molecule has 2 rings (SSSR count). The minimum absolute atomic E-state index is 0.0684. The zero-order valence-corrected chi connectivity index (χ0v) is 12.2. The molecule has 2 N–H and O–H groups in total. The molecule has 0 aromatic carbocycles. The van der Waals surface area contributed by atoms with Crippen molar-refractivity contribution >= 4 is 11.5 Å². The van der Waals surface area contributed by atoms with Crippen LogP contribution >= 0.6 is 0 Å². The summed E-state index contributed by atoms with van der Waals surface area (Å²) >= 11 is 0. The van der Waals surface area contributed by atoms with E-state index in [1.807, 2.05) is 0 Å². The van der Waals surface area contributed by atoms with Gasteiger partial charge in [0.15, 0.2) is 0 Å². The van der Waals surface area contributed by atoms with Gasteiger partial charge in [-0.15, -0.1) is 0 Å². The summed E-state index contributed by atoms with van der Waals surface area (Å²) in [6.45, 7) is 2.38. The number of aliphatic hydroxyl groups is 1. The van der Waals surface area contributed by atoms with Crippen LogP contribution < -0.4 is 10.1 Å². The largest absolute Gasteiger partial charge is 0.476 e. The summed E-state index contributed by atoms with van der Waals surface area (Å²) in [6, 6.07) is 0. The first kappa shape index (κ1) is 15.4. The van der Waals surface area contributed by atoms with Gasteiger partial charge >= 0.3 is 5.69 Å². The summed E-state index contributed by atoms with van der Waals surface area (Å²) in [7, 11) is 1.31. The molecular formula is C13H20N4O4. The standard InChI is InChI=1S/C13H20N4O4/c1-9-3-5-13(18,6-4-9)7-14-11-10(17(19)20)12(21-2)16-8-15-11/h8-9,18H,3-7H2,1-2H3,(H,14,15,16). The summed E-state index contributed by atoms with van der Waals surface area (Å²) in [6.07, 6.45) is 4.45. The Kier molecular flexibility index (Phi) is 4.56. The molecule has 21 heavy (non-hydrogen) atoms. The number of rotatable bonds is 5. The molecule has 1 fully saturated rings. The summed E-state index contributed by atoms with van der Waals surface area (Å²) in [4.78, 5) is 18.1. The van der Waals surface area contributed by atoms with Crippen LogP contribution in [0.5, 0.6) is 5.88 Å². The van der Waals surface area contributed by atoms with Crippen LogP contribution in [0, 0.1) is 16.0 Å². The zero-order valence-electron chi connectivity index (χ0n) is 12.2. The van der Waals surface area contributed by atoms with E-state index in [0.717, 1.165) is 12.8 Å². The molecule has 1 aliphatic carbocycles. The molecule has 0 radical (unpaired) electrons. The molecule has 0 atom stereocenters. The highest BCUT2D eigenvalue weighted by molar-refractivity contribution is 5.61. The van der Waals surface area contributed by atoms with Crippen LogP contribution in [-0.4, -0.2) is 39.3 Å². The molecule has 0 aliphatic heterocycles. The van der Waals surface area contributed by atoms with Gasteiger partial charge in [0.05, 0.1) is 17.6 Å². The number of nitro groups is 1. The van der Waals surface area contributed by atoms with Crippen LogP contribution in [0.4, 0.5) is 11.5 Å². The number of anilines is 1. The van der Waals surface area contributed by atoms with E-state index < -0.39 is 10.5 Å². The van der Waals surface area contributed by atoms with Gasteiger partial charge in [0.2, 0.25) is 5.82 Å². The predicted molar refractivity (Wildman–Crippen MR) is 76.3 cm³/mol. The van der Waals surface area contributed by atoms with Crippen LogP contribution in [0.25, 0.3) is 0 Å². The molecule has 0 bridgehead atoms. The predicted octanol–water partition coefficient (Wildman–Crippen LogP) is 1.75. The number of nitrogens with zero attached hydrogens (tertiary/aromatic N) is 3. The Morgan fingerprint density at radius 1 is 1.52 bits per heavy atom. The fourth-order valence-corrected chi connectivity index (χ4v) is 2.53. The van der Waals surface area contributed by atoms with Gasteiger partial charge in [0, 0.05) is 6.54 Å². The minimum atomic E-state index is -0.849. The topological polar surface area (TPSA) is 110 Å². The van der Waals surface area contributed by atoms with E-state index in [1.54, 1.807) is 0 Å². The number of aromatic nitrogens is 2. The van der Waals surface area contributed by atoms with E-state index in [4.69, 9.17) is 4.74 Å². The lowest BCUT2D eigenvalue weighted by Gasteiger charge is -2.35. The van der Waals surface area contributed by atoms with Crippen LogP contribution in [0.3, 0.4) is 0 Å². The van der Waals surface area contributed by atoms with E-state index in [-0.39, 0.29) is 23.9 Å². The smallest absolute Gasteiger partial charge is 0.372 e. The number of ether oxygens (including phenoxy) is 1. The Balaban J connectivity index is 2.11. The Labute approximate surface area is 122 Å². The monoisotopic (exact) mass is 296 g/mol. The summed E-state index contributed by atoms with van der Waals surface area (Å²) < 4.78 is 4.88. The molecule has 8 nitrogen and oxygen atoms in total. The molecular weight excluding hydrogens is 276 g/mol. The van der Waals surface area contributed by atoms with Gasteiger partial charge in [0.25, 0.3) is 5.88 Å². The van der Waals surface area contributed by atoms with Crippen molar-refractivity contribution in [1.82, 2.24) is 9.97 Å². The molecule has 0 unspecified atom stereocenters. The van der Waals surface area contributed by atoms with E-state index >= 15 is 0 Å². The number of hydrogen-bond donors (Lipinski definition) is 2. The lowest BCUT2D eigenvalue weighted by molar-refractivity contribution is -0.385. The molecule has 0 saturated heterocycles. The second kappa shape index (κ2) is 6.21. The van der Waals surface area contributed by atoms with Gasteiger partial charge in [-0.3, -0.25) is 10.1 Å². The number of hydrogen-bond acceptors (Lipinski definition) is 7. The summed E-state index contributed by atoms with van der Waals surface area (Å²) in [5.74, 6) is 0.583. The fourth-order valence-electron chi connectivity index (χ4n) is 2.53. The molecule has 116 valence electrons. The van der Waals surface area contributed by atoms with Crippen molar-refractivity contribution in [3.05, 3.63) is 16.4 Å². The first-order chi connectivity index (χ1) is 9.95. The Bertz CT molecular complexity index is 515. The van der Waals surface area contributed by atoms with Gasteiger partial charge in [0.1, 0.15) is 6.33 Å². The van der Waals surface area contributed by atoms with E-state index in [0.29, 0.717) is 18.8 Å². The van der Waals surface area contributed by atoms with E-state index in [1.165, 1.54) is 13.4 Å². The summed E-state index contributed by atoms with van der Waals surface area (Å²) in [5.41, 5.74) is -1.16. The van der Waals surface area contributed by atoms with Gasteiger partial charge < -0.3 is 15.2 Å². The SMILES string of the molecule is COc1ncnc(NCC2(O)CCC(C)CC2)c1[N+](=O)[O-]. The maximum Gasteiger partial charge on any atom is 0.372 e. The Morgan fingerprint density at radius 3 is 2.76 bits per heavy atom. The van der Waals surface area contributed by atoms with Crippen LogP contribution in [0.2, 0.25) is 0 Å². The molecule has 1 aromatic heterocycles. The molecule has 1 aliphatic rings. The van der Waals surface area contributed by atoms with Crippen molar-refractivity contribution in [2.75, 3.05) is 19.0 Å². The highest BCUT2D eigenvalue weighted by Crippen LogP contribution is 2.34. The second-order valence-electron chi connectivity index (χ2n) is 5.60. The van der Waals surface area contributed by atoms with Crippen molar-refractivity contribution in [3.63, 3.8) is 0 Å². The third-order valence-electron chi connectivity index (χ3n) is 3.95. The van der Waals surface area contributed by atoms with E-state index in [9.17, 15) is 15.2 Å². The van der Waals surface area contributed by atoms with Crippen molar-refractivity contribution in [1.29, 1.82) is 0 Å². The van der Waals surface area contributed by atoms with Crippen molar-refractivity contribution in [2.45, 2.75) is 38.2 Å². The maximum absolute atomic E-state index is 11.1. The van der Waals surface area contributed by atoms with Crippen LogP contribution in [0.15, 0.2) is 6.33 Å². The number of nitrogens with one attached hydrogen (secondary N) is 1. The average Bonchev–Trinajstić information content (AvgIpc) is 2.48. The van der Waals surface area contributed by atoms with Crippen molar-refractivity contribution in [2.24, 2.45) is 5.92 Å². The first-order valence-corrected chi connectivity index (χ1v) is 6.95. The summed E-state index contributed by atoms with van der Waals surface area (Å²) in [5, 5.41) is 24.5. The Morgan fingerprint density at radius 2 is 2.19 bits per heavy atom. The average molecular weight is 296 g/mol. The Hall–Kier alpha value is -1.96. The van der Waals surface area contributed by atoms with Gasteiger partial charge in [-0.25, -0.2) is 4.98 Å². The van der Waals surface area contributed by atoms with Crippen LogP contribution in [-0.2, 0) is 0 Å². The quantitative estimate of drug-likeness (QED) is 0.629. The van der Waals surface area contributed by atoms with Gasteiger partial charge in [-0.2, -0.15) is 4.98 Å². The maximum atomic E-state index is 11.1. The first-order valence-electron chi connectivity index (χ1n) is 6.95.